The monoisotopic (exact) mass is 1410 g/mol. The maximum atomic E-state index is 13.9. The zero-order chi connectivity index (χ0) is 70.6. The summed E-state index contributed by atoms with van der Waals surface area (Å²) in [5.41, 5.74) is 6.65. The lowest BCUT2D eigenvalue weighted by Gasteiger charge is -2.50. The highest BCUT2D eigenvalue weighted by Crippen LogP contribution is 2.42. The van der Waals surface area contributed by atoms with E-state index in [0.29, 0.717) is 0 Å². The molecule has 538 valence electrons. The van der Waals surface area contributed by atoms with E-state index in [-0.39, 0.29) is 84.8 Å². The smallest absolute Gasteiger partial charge is 0.306 e. The Balaban J connectivity index is 0.962. The summed E-state index contributed by atoms with van der Waals surface area (Å²) in [5, 5.41) is 2.59. The topological polar surface area (TPSA) is 175 Å². The summed E-state index contributed by atoms with van der Waals surface area (Å²) in [6.07, 6.45) is -14.1. The number of ether oxygens (including phenoxy) is 14. The van der Waals surface area contributed by atoms with Crippen molar-refractivity contribution >= 4 is 23.6 Å². The quantitative estimate of drug-likeness (QED) is 0.0367. The van der Waals surface area contributed by atoms with Crippen LogP contribution in [0.5, 0.6) is 0 Å². The molecule has 1 amide bonds. The number of thioether (sulfide) groups is 1. The molecule has 0 bridgehead atoms. The Bertz CT molecular complexity index is 3870. The Morgan fingerprint density at radius 2 is 0.680 bits per heavy atom. The summed E-state index contributed by atoms with van der Waals surface area (Å²) in [6.45, 7) is 2.98. The number of benzene rings is 9. The van der Waals surface area contributed by atoms with Crippen molar-refractivity contribution in [2.24, 2.45) is 0 Å². The van der Waals surface area contributed by atoms with Crippen LogP contribution < -0.4 is 5.32 Å². The van der Waals surface area contributed by atoms with Crippen molar-refractivity contribution in [1.82, 2.24) is 5.32 Å². The van der Waals surface area contributed by atoms with Crippen molar-refractivity contribution < 1.29 is 75.9 Å². The van der Waals surface area contributed by atoms with Crippen molar-refractivity contribution in [2.75, 3.05) is 20.3 Å². The van der Waals surface area contributed by atoms with Gasteiger partial charge in [0.15, 0.2) is 18.7 Å². The van der Waals surface area contributed by atoms with Crippen molar-refractivity contribution in [3.63, 3.8) is 0 Å². The molecule has 0 aliphatic carbocycles. The molecule has 9 aromatic carbocycles. The first-order chi connectivity index (χ1) is 50.8. The molecular formula is C85H91NO16S. The summed E-state index contributed by atoms with van der Waals surface area (Å²) in [5.74, 6) is -0.908. The van der Waals surface area contributed by atoms with Gasteiger partial charge in [-0.2, -0.15) is 0 Å². The molecule has 1 N–H and O–H groups in total. The van der Waals surface area contributed by atoms with Crippen LogP contribution in [0.1, 0.15) is 64.3 Å². The van der Waals surface area contributed by atoms with Crippen LogP contribution in [0, 0.1) is 0 Å². The number of nitrogens with one attached hydrogen (secondary N) is 1. The third-order valence-electron chi connectivity index (χ3n) is 18.1. The van der Waals surface area contributed by atoms with Gasteiger partial charge in [-0.25, -0.2) is 0 Å². The van der Waals surface area contributed by atoms with Gasteiger partial charge in [-0.05, 0) is 63.6 Å². The number of esters is 1. The fourth-order valence-corrected chi connectivity index (χ4v) is 13.9. The minimum Gasteiger partial charge on any atom is -0.457 e. The molecule has 18 heteroatoms. The molecule has 0 spiro atoms. The molecule has 3 aliphatic heterocycles. The van der Waals surface area contributed by atoms with Gasteiger partial charge in [-0.15, -0.1) is 0 Å². The zero-order valence-corrected chi connectivity index (χ0v) is 58.9. The van der Waals surface area contributed by atoms with Gasteiger partial charge in [-0.3, -0.25) is 9.59 Å². The van der Waals surface area contributed by atoms with Gasteiger partial charge >= 0.3 is 5.97 Å². The third kappa shape index (κ3) is 22.2. The first-order valence-corrected chi connectivity index (χ1v) is 36.2. The number of amides is 1. The number of carbonyl (C=O) groups excluding carboxylic acids is 2. The van der Waals surface area contributed by atoms with Gasteiger partial charge in [0.1, 0.15) is 66.5 Å². The van der Waals surface area contributed by atoms with Crippen LogP contribution in [-0.2, 0) is 129 Å². The second-order valence-electron chi connectivity index (χ2n) is 25.6. The van der Waals surface area contributed by atoms with E-state index in [1.165, 1.54) is 7.05 Å². The number of hydrogen-bond acceptors (Lipinski definition) is 17. The second kappa shape index (κ2) is 39.6. The lowest BCUT2D eigenvalue weighted by atomic mass is 9.96. The molecule has 15 atom stereocenters. The molecule has 0 radical (unpaired) electrons. The summed E-state index contributed by atoms with van der Waals surface area (Å²) in [7, 11) is 1.52. The second-order valence-corrected chi connectivity index (χ2v) is 26.8. The fraction of sp³-hybridized carbons (Fsp3) is 0.341. The first kappa shape index (κ1) is 74.5. The highest BCUT2D eigenvalue weighted by Gasteiger charge is 2.56. The third-order valence-corrected chi connectivity index (χ3v) is 19.3. The summed E-state index contributed by atoms with van der Waals surface area (Å²) < 4.78 is 101. The normalized spacial score (nSPS) is 24.8. The maximum Gasteiger partial charge on any atom is 0.306 e. The molecule has 3 saturated heterocycles. The minimum absolute atomic E-state index is 0.0625. The zero-order valence-electron chi connectivity index (χ0n) is 58.1. The van der Waals surface area contributed by atoms with E-state index < -0.39 is 97.2 Å². The van der Waals surface area contributed by atoms with Gasteiger partial charge in [-0.1, -0.05) is 273 Å². The molecular weight excluding hydrogens is 1320 g/mol. The largest absolute Gasteiger partial charge is 0.457 e. The Kier molecular flexibility index (Phi) is 28.6. The van der Waals surface area contributed by atoms with Crippen molar-refractivity contribution in [3.05, 3.63) is 317 Å². The minimum atomic E-state index is -1.30. The maximum absolute atomic E-state index is 13.9. The Morgan fingerprint density at radius 1 is 0.340 bits per heavy atom. The number of carbonyl (C=O) groups is 2. The van der Waals surface area contributed by atoms with Gasteiger partial charge in [0.05, 0.1) is 78.6 Å². The van der Waals surface area contributed by atoms with E-state index in [4.69, 9.17) is 66.3 Å². The predicted molar refractivity (Wildman–Crippen MR) is 389 cm³/mol. The van der Waals surface area contributed by atoms with Crippen LogP contribution >= 0.6 is 11.8 Å². The summed E-state index contributed by atoms with van der Waals surface area (Å²) in [4.78, 5) is 27.3. The van der Waals surface area contributed by atoms with Crippen molar-refractivity contribution in [3.8, 4) is 0 Å². The Labute approximate surface area is 608 Å². The Hall–Kier alpha value is -8.25. The molecule has 3 aliphatic rings. The number of rotatable bonds is 36. The van der Waals surface area contributed by atoms with E-state index in [0.717, 1.165) is 49.4 Å². The lowest BCUT2D eigenvalue weighted by molar-refractivity contribution is -0.368. The van der Waals surface area contributed by atoms with Crippen LogP contribution in [0.4, 0.5) is 0 Å². The van der Waals surface area contributed by atoms with Gasteiger partial charge in [0.2, 0.25) is 5.91 Å². The highest BCUT2D eigenvalue weighted by atomic mass is 32.2. The van der Waals surface area contributed by atoms with Crippen LogP contribution in [-0.4, -0.2) is 123 Å². The summed E-state index contributed by atoms with van der Waals surface area (Å²) >= 11 is 1.54. The van der Waals surface area contributed by atoms with E-state index in [1.807, 2.05) is 261 Å². The summed E-state index contributed by atoms with van der Waals surface area (Å²) in [6, 6.07) is 89.5. The van der Waals surface area contributed by atoms with Crippen LogP contribution in [0.25, 0.3) is 0 Å². The standard InChI is InChI=1S/C85H91NO16S/c1-60-74(101-73(88)49-48-72(87)86-2)77(91-52-63-34-16-5-17-35-63)80(94-55-66-40-22-8-23-41-66)83(98-60)97-59-71-75(90-51-62-32-14-4-15-33-62)78(92-53-64-36-18-6-19-37-64)81(95-56-67-42-24-9-25-43-67)84(99-71)102-76-70(58-89-50-61-30-12-3-13-31-61)100-85(103-69-46-28-11-29-47-69)82(96-57-68-44-26-10-27-45-68)79(76)93-54-65-38-20-7-21-39-65/h3-47,60,70-71,74-85H,48-59H2,1-2H3,(H,86,87)/t60?,70?,71-,74+,75-,76+,77-,78?,79+,80?,81?,82?,83?,84?,85+/m1/s1. The van der Waals surface area contributed by atoms with Crippen molar-refractivity contribution in [2.45, 2.75) is 169 Å². The van der Waals surface area contributed by atoms with Crippen LogP contribution in [0.15, 0.2) is 278 Å². The first-order valence-electron chi connectivity index (χ1n) is 35.3. The van der Waals surface area contributed by atoms with E-state index in [2.05, 4.69) is 17.4 Å². The lowest BCUT2D eigenvalue weighted by Crippen LogP contribution is -2.66. The van der Waals surface area contributed by atoms with Gasteiger partial charge < -0.3 is 71.6 Å². The molecule has 0 aromatic heterocycles. The SMILES string of the molecule is CNC(=O)CCC(=O)O[C@H]1C(C)OC(OC[C@H]2OC(O[C@H]3C(COCc4ccccc4)O[C@@H](Sc4ccccc4)C(OCc4ccccc4)[C@H]3OCc3ccccc3)C(OCc3ccccc3)C(OCc3ccccc3)[C@@H]2OCc2ccccc2)C(OCc2ccccc2)[C@@H]1OCc1ccccc1. The average molecular weight is 1410 g/mol. The van der Waals surface area contributed by atoms with E-state index >= 15 is 0 Å². The average Bonchev–Trinajstić information content (AvgIpc) is 0.770. The number of hydrogen-bond donors (Lipinski definition) is 1. The predicted octanol–water partition coefficient (Wildman–Crippen LogP) is 14.1. The molecule has 103 heavy (non-hydrogen) atoms. The van der Waals surface area contributed by atoms with Gasteiger partial charge in [0.25, 0.3) is 0 Å². The highest BCUT2D eigenvalue weighted by molar-refractivity contribution is 7.99. The molecule has 12 rings (SSSR count). The molecule has 17 nitrogen and oxygen atoms in total. The molecule has 3 heterocycles. The molecule has 0 saturated carbocycles. The van der Waals surface area contributed by atoms with Gasteiger partial charge in [0, 0.05) is 18.4 Å². The van der Waals surface area contributed by atoms with Crippen LogP contribution in [0.3, 0.4) is 0 Å². The van der Waals surface area contributed by atoms with Crippen molar-refractivity contribution in [1.29, 1.82) is 0 Å². The van der Waals surface area contributed by atoms with E-state index in [9.17, 15) is 9.59 Å². The molecule has 3 fully saturated rings. The molecule has 9 aromatic rings. The fourth-order valence-electron chi connectivity index (χ4n) is 12.7. The van der Waals surface area contributed by atoms with E-state index in [1.54, 1.807) is 18.7 Å². The molecule has 8 unspecified atom stereocenters. The Morgan fingerprint density at radius 3 is 1.10 bits per heavy atom. The van der Waals surface area contributed by atoms with Crippen LogP contribution in [0.2, 0.25) is 0 Å².